The molecule has 0 spiro atoms. The molecule has 144 valence electrons. The minimum absolute atomic E-state index is 0.0252. The van der Waals surface area contributed by atoms with Crippen molar-refractivity contribution in [3.05, 3.63) is 28.8 Å². The van der Waals surface area contributed by atoms with E-state index in [4.69, 9.17) is 4.74 Å². The maximum atomic E-state index is 12.8. The zero-order valence-corrected chi connectivity index (χ0v) is 16.4. The van der Waals surface area contributed by atoms with Gasteiger partial charge >= 0.3 is 6.03 Å². The van der Waals surface area contributed by atoms with Gasteiger partial charge in [0, 0.05) is 32.7 Å². The number of urea groups is 1. The van der Waals surface area contributed by atoms with Crippen LogP contribution in [-0.2, 0) is 11.2 Å². The lowest BCUT2D eigenvalue weighted by Crippen LogP contribution is -2.43. The summed E-state index contributed by atoms with van der Waals surface area (Å²) in [6.45, 7) is 9.29. The van der Waals surface area contributed by atoms with Gasteiger partial charge in [-0.05, 0) is 49.4 Å². The topological polar surface area (TPSA) is 61.9 Å². The molecule has 0 atom stereocenters. The van der Waals surface area contributed by atoms with Crippen molar-refractivity contribution in [1.29, 1.82) is 0 Å². The van der Waals surface area contributed by atoms with E-state index in [-0.39, 0.29) is 11.9 Å². The van der Waals surface area contributed by atoms with E-state index in [1.54, 1.807) is 7.11 Å². The van der Waals surface area contributed by atoms with Crippen LogP contribution in [0.5, 0.6) is 5.75 Å². The van der Waals surface area contributed by atoms with Crippen LogP contribution in [0.25, 0.3) is 0 Å². The largest absolute Gasteiger partial charge is 0.496 e. The molecular weight excluding hydrogens is 330 g/mol. The van der Waals surface area contributed by atoms with Gasteiger partial charge in [-0.1, -0.05) is 13.0 Å². The van der Waals surface area contributed by atoms with Crippen LogP contribution >= 0.6 is 0 Å². The highest BCUT2D eigenvalue weighted by molar-refractivity contribution is 5.79. The molecule has 1 aromatic carbocycles. The van der Waals surface area contributed by atoms with Crippen LogP contribution < -0.4 is 10.1 Å². The Morgan fingerprint density at radius 2 is 1.77 bits per heavy atom. The summed E-state index contributed by atoms with van der Waals surface area (Å²) in [5, 5.41) is 2.91. The van der Waals surface area contributed by atoms with Gasteiger partial charge in [-0.25, -0.2) is 4.79 Å². The van der Waals surface area contributed by atoms with Crippen molar-refractivity contribution in [3.63, 3.8) is 0 Å². The summed E-state index contributed by atoms with van der Waals surface area (Å²) in [5.41, 5.74) is 3.14. The highest BCUT2D eigenvalue weighted by Gasteiger charge is 2.22. The molecule has 1 aromatic rings. The van der Waals surface area contributed by atoms with Gasteiger partial charge in [-0.2, -0.15) is 0 Å². The summed E-state index contributed by atoms with van der Waals surface area (Å²) >= 11 is 0. The number of hydrogen-bond acceptors (Lipinski definition) is 3. The first-order valence-corrected chi connectivity index (χ1v) is 9.41. The fraction of sp³-hybridized carbons (Fsp3) is 0.600. The van der Waals surface area contributed by atoms with E-state index >= 15 is 0 Å². The number of rotatable bonds is 5. The first-order chi connectivity index (χ1) is 12.5. The first-order valence-electron chi connectivity index (χ1n) is 9.41. The number of ether oxygens (including phenoxy) is 1. The molecule has 6 heteroatoms. The number of benzene rings is 1. The van der Waals surface area contributed by atoms with Gasteiger partial charge in [0.2, 0.25) is 5.91 Å². The molecule has 1 N–H and O–H groups in total. The number of carbonyl (C=O) groups is 2. The van der Waals surface area contributed by atoms with Crippen molar-refractivity contribution in [2.75, 3.05) is 39.8 Å². The second-order valence-electron chi connectivity index (χ2n) is 6.88. The van der Waals surface area contributed by atoms with E-state index in [1.165, 1.54) is 0 Å². The van der Waals surface area contributed by atoms with Crippen LogP contribution in [0.3, 0.4) is 0 Å². The van der Waals surface area contributed by atoms with E-state index in [0.717, 1.165) is 35.3 Å². The third kappa shape index (κ3) is 5.13. The molecular formula is C20H31N3O3. The number of nitrogens with zero attached hydrogens (tertiary/aromatic N) is 2. The van der Waals surface area contributed by atoms with Gasteiger partial charge in [-0.15, -0.1) is 0 Å². The summed E-state index contributed by atoms with van der Waals surface area (Å²) in [4.78, 5) is 28.6. The molecule has 6 nitrogen and oxygen atoms in total. The molecule has 0 unspecified atom stereocenters. The normalized spacial score (nSPS) is 14.8. The number of nitrogens with one attached hydrogen (secondary N) is 1. The van der Waals surface area contributed by atoms with Crippen LogP contribution in [0.4, 0.5) is 4.79 Å². The van der Waals surface area contributed by atoms with Gasteiger partial charge in [0.05, 0.1) is 13.5 Å². The predicted octanol–water partition coefficient (Wildman–Crippen LogP) is 2.51. The van der Waals surface area contributed by atoms with Crippen LogP contribution in [0, 0.1) is 13.8 Å². The Bertz CT molecular complexity index is 645. The molecule has 26 heavy (non-hydrogen) atoms. The second-order valence-corrected chi connectivity index (χ2v) is 6.88. The average Bonchev–Trinajstić information content (AvgIpc) is 2.88. The smallest absolute Gasteiger partial charge is 0.317 e. The van der Waals surface area contributed by atoms with Gasteiger partial charge in [0.25, 0.3) is 0 Å². The first kappa shape index (κ1) is 20.1. The zero-order valence-electron chi connectivity index (χ0n) is 16.4. The Morgan fingerprint density at radius 3 is 2.46 bits per heavy atom. The number of aryl methyl sites for hydroxylation is 2. The van der Waals surface area contributed by atoms with E-state index in [1.807, 2.05) is 42.7 Å². The van der Waals surface area contributed by atoms with Crippen LogP contribution in [0.15, 0.2) is 12.1 Å². The number of hydrogen-bond donors (Lipinski definition) is 1. The van der Waals surface area contributed by atoms with Gasteiger partial charge < -0.3 is 19.9 Å². The predicted molar refractivity (Wildman–Crippen MR) is 103 cm³/mol. The molecule has 3 amide bonds. The van der Waals surface area contributed by atoms with E-state index < -0.39 is 0 Å². The third-order valence-electron chi connectivity index (χ3n) is 4.86. The Labute approximate surface area is 156 Å². The number of methoxy groups -OCH3 is 1. The SMILES string of the molecule is CCCNC(=O)N1CCCN(C(=O)Cc2cc(C)c(OC)cc2C)CC1. The van der Waals surface area contributed by atoms with Crippen molar-refractivity contribution in [2.45, 2.75) is 40.0 Å². The van der Waals surface area contributed by atoms with Crippen LogP contribution in [-0.4, -0.2) is 61.6 Å². The fourth-order valence-corrected chi connectivity index (χ4v) is 3.25. The Kier molecular flexibility index (Phi) is 7.30. The van der Waals surface area contributed by atoms with E-state index in [0.29, 0.717) is 39.1 Å². The average molecular weight is 361 g/mol. The van der Waals surface area contributed by atoms with E-state index in [9.17, 15) is 9.59 Å². The fourth-order valence-electron chi connectivity index (χ4n) is 3.25. The quantitative estimate of drug-likeness (QED) is 0.876. The van der Waals surface area contributed by atoms with Gasteiger partial charge in [0.1, 0.15) is 5.75 Å². The maximum absolute atomic E-state index is 12.8. The molecule has 1 heterocycles. The van der Waals surface area contributed by atoms with Crippen molar-refractivity contribution < 1.29 is 14.3 Å². The minimum Gasteiger partial charge on any atom is -0.496 e. The number of carbonyl (C=O) groups excluding carboxylic acids is 2. The summed E-state index contributed by atoms with van der Waals surface area (Å²) in [6, 6.07) is 4.00. The molecule has 1 fully saturated rings. The minimum atomic E-state index is -0.0252. The molecule has 0 aliphatic carbocycles. The molecule has 0 bridgehead atoms. The summed E-state index contributed by atoms with van der Waals surface area (Å²) < 4.78 is 5.34. The lowest BCUT2D eigenvalue weighted by atomic mass is 10.0. The summed E-state index contributed by atoms with van der Waals surface area (Å²) in [7, 11) is 1.66. The van der Waals surface area contributed by atoms with Crippen LogP contribution in [0.1, 0.15) is 36.5 Å². The molecule has 1 aliphatic heterocycles. The van der Waals surface area contributed by atoms with Crippen molar-refractivity contribution in [3.8, 4) is 5.75 Å². The zero-order chi connectivity index (χ0) is 19.1. The molecule has 0 aromatic heterocycles. The highest BCUT2D eigenvalue weighted by atomic mass is 16.5. The third-order valence-corrected chi connectivity index (χ3v) is 4.86. The molecule has 1 aliphatic rings. The second kappa shape index (κ2) is 9.46. The summed E-state index contributed by atoms with van der Waals surface area (Å²) in [5.74, 6) is 0.968. The monoisotopic (exact) mass is 361 g/mol. The standard InChI is InChI=1S/C20H31N3O3/c1-5-7-21-20(25)23-9-6-8-22(10-11-23)19(24)14-17-12-16(3)18(26-4)13-15(17)2/h12-13H,5-11,14H2,1-4H3,(H,21,25). The lowest BCUT2D eigenvalue weighted by Gasteiger charge is -2.23. The molecule has 0 saturated carbocycles. The Morgan fingerprint density at radius 1 is 1.08 bits per heavy atom. The Balaban J connectivity index is 1.96. The lowest BCUT2D eigenvalue weighted by molar-refractivity contribution is -0.130. The van der Waals surface area contributed by atoms with Crippen molar-refractivity contribution >= 4 is 11.9 Å². The molecule has 2 rings (SSSR count). The number of amides is 3. The van der Waals surface area contributed by atoms with Crippen molar-refractivity contribution in [1.82, 2.24) is 15.1 Å². The van der Waals surface area contributed by atoms with Gasteiger partial charge in [0.15, 0.2) is 0 Å². The molecule has 0 radical (unpaired) electrons. The Hall–Kier alpha value is -2.24. The molecule has 1 saturated heterocycles. The van der Waals surface area contributed by atoms with Crippen molar-refractivity contribution in [2.24, 2.45) is 0 Å². The summed E-state index contributed by atoms with van der Waals surface area (Å²) in [6.07, 6.45) is 2.12. The highest BCUT2D eigenvalue weighted by Crippen LogP contribution is 2.23. The maximum Gasteiger partial charge on any atom is 0.317 e. The van der Waals surface area contributed by atoms with E-state index in [2.05, 4.69) is 5.32 Å². The van der Waals surface area contributed by atoms with Crippen LogP contribution in [0.2, 0.25) is 0 Å². The van der Waals surface area contributed by atoms with Gasteiger partial charge in [-0.3, -0.25) is 4.79 Å².